The zero-order valence-corrected chi connectivity index (χ0v) is 9.62. The van der Waals surface area contributed by atoms with Crippen LogP contribution in [-0.2, 0) is 0 Å². The Morgan fingerprint density at radius 3 is 2.87 bits per heavy atom. The zero-order chi connectivity index (χ0) is 10.9. The first-order valence-electron chi connectivity index (χ1n) is 5.59. The van der Waals surface area contributed by atoms with Gasteiger partial charge in [-0.25, -0.2) is 0 Å². The standard InChI is InChI=1S/C12H20N2O/c1-3-13-8-4-5-9-15-12-7-6-11(2)14-10-12/h6-7,10,13H,3-5,8-9H2,1-2H3. The number of rotatable bonds is 7. The van der Waals surface area contributed by atoms with E-state index in [9.17, 15) is 0 Å². The highest BCUT2D eigenvalue weighted by Gasteiger charge is 1.93. The van der Waals surface area contributed by atoms with Crippen molar-refractivity contribution in [1.82, 2.24) is 10.3 Å². The highest BCUT2D eigenvalue weighted by Crippen LogP contribution is 2.08. The van der Waals surface area contributed by atoms with Crippen LogP contribution in [0, 0.1) is 6.92 Å². The number of ether oxygens (including phenoxy) is 1. The molecule has 84 valence electrons. The van der Waals surface area contributed by atoms with Crippen LogP contribution >= 0.6 is 0 Å². The monoisotopic (exact) mass is 208 g/mol. The molecule has 0 aliphatic heterocycles. The molecule has 15 heavy (non-hydrogen) atoms. The molecule has 1 aromatic rings. The van der Waals surface area contributed by atoms with E-state index in [0.717, 1.165) is 44.0 Å². The topological polar surface area (TPSA) is 34.1 Å². The van der Waals surface area contributed by atoms with Gasteiger partial charge in [0.25, 0.3) is 0 Å². The molecule has 0 atom stereocenters. The van der Waals surface area contributed by atoms with E-state index in [1.54, 1.807) is 6.20 Å². The van der Waals surface area contributed by atoms with Crippen molar-refractivity contribution in [2.45, 2.75) is 26.7 Å². The number of unbranched alkanes of at least 4 members (excludes halogenated alkanes) is 1. The first-order valence-corrected chi connectivity index (χ1v) is 5.59. The van der Waals surface area contributed by atoms with Gasteiger partial charge in [-0.05, 0) is 45.0 Å². The summed E-state index contributed by atoms with van der Waals surface area (Å²) < 4.78 is 5.55. The molecule has 0 aliphatic rings. The Bertz CT molecular complexity index is 259. The molecule has 0 bridgehead atoms. The fourth-order valence-electron chi connectivity index (χ4n) is 1.26. The Kier molecular flexibility index (Phi) is 5.78. The molecule has 3 nitrogen and oxygen atoms in total. The van der Waals surface area contributed by atoms with E-state index in [2.05, 4.69) is 17.2 Å². The predicted molar refractivity (Wildman–Crippen MR) is 62.2 cm³/mol. The van der Waals surface area contributed by atoms with E-state index in [-0.39, 0.29) is 0 Å². The second-order valence-corrected chi connectivity index (χ2v) is 3.54. The molecule has 0 radical (unpaired) electrons. The summed E-state index contributed by atoms with van der Waals surface area (Å²) in [5.41, 5.74) is 1.02. The maximum Gasteiger partial charge on any atom is 0.137 e. The van der Waals surface area contributed by atoms with Gasteiger partial charge in [-0.15, -0.1) is 0 Å². The minimum absolute atomic E-state index is 0.774. The Morgan fingerprint density at radius 1 is 1.33 bits per heavy atom. The van der Waals surface area contributed by atoms with Crippen molar-refractivity contribution < 1.29 is 4.74 Å². The molecule has 3 heteroatoms. The lowest BCUT2D eigenvalue weighted by molar-refractivity contribution is 0.305. The van der Waals surface area contributed by atoms with Crippen molar-refractivity contribution in [2.75, 3.05) is 19.7 Å². The molecule has 1 aromatic heterocycles. The zero-order valence-electron chi connectivity index (χ0n) is 9.62. The fraction of sp³-hybridized carbons (Fsp3) is 0.583. The minimum Gasteiger partial charge on any atom is -0.492 e. The van der Waals surface area contributed by atoms with Crippen molar-refractivity contribution in [3.05, 3.63) is 24.0 Å². The van der Waals surface area contributed by atoms with Crippen LogP contribution in [0.4, 0.5) is 0 Å². The van der Waals surface area contributed by atoms with Crippen molar-refractivity contribution in [3.8, 4) is 5.75 Å². The van der Waals surface area contributed by atoms with Gasteiger partial charge in [0.2, 0.25) is 0 Å². The maximum absolute atomic E-state index is 5.55. The summed E-state index contributed by atoms with van der Waals surface area (Å²) in [7, 11) is 0. The Hall–Kier alpha value is -1.09. The molecule has 1 rings (SSSR count). The molecule has 0 amide bonds. The molecule has 0 spiro atoms. The molecular formula is C12H20N2O. The largest absolute Gasteiger partial charge is 0.492 e. The number of aryl methyl sites for hydroxylation is 1. The van der Waals surface area contributed by atoms with Crippen LogP contribution in [0.15, 0.2) is 18.3 Å². The third-order valence-electron chi connectivity index (χ3n) is 2.15. The van der Waals surface area contributed by atoms with Gasteiger partial charge in [-0.3, -0.25) is 4.98 Å². The van der Waals surface area contributed by atoms with Crippen molar-refractivity contribution in [2.24, 2.45) is 0 Å². The maximum atomic E-state index is 5.55. The fourth-order valence-corrected chi connectivity index (χ4v) is 1.26. The summed E-state index contributed by atoms with van der Waals surface area (Å²) in [5.74, 6) is 0.865. The van der Waals surface area contributed by atoms with Crippen molar-refractivity contribution in [1.29, 1.82) is 0 Å². The van der Waals surface area contributed by atoms with Gasteiger partial charge in [0.1, 0.15) is 5.75 Å². The number of hydrogen-bond acceptors (Lipinski definition) is 3. The SMILES string of the molecule is CCNCCCCOc1ccc(C)nc1. The summed E-state index contributed by atoms with van der Waals surface area (Å²) in [6, 6.07) is 3.93. The second kappa shape index (κ2) is 7.23. The molecular weight excluding hydrogens is 188 g/mol. The Labute approximate surface area is 91.9 Å². The smallest absolute Gasteiger partial charge is 0.137 e. The summed E-state index contributed by atoms with van der Waals surface area (Å²) in [6.07, 6.45) is 4.02. The van der Waals surface area contributed by atoms with Crippen LogP contribution < -0.4 is 10.1 Å². The first-order chi connectivity index (χ1) is 7.33. The van der Waals surface area contributed by atoms with Crippen LogP contribution in [-0.4, -0.2) is 24.7 Å². The summed E-state index contributed by atoms with van der Waals surface area (Å²) in [6.45, 7) is 6.99. The van der Waals surface area contributed by atoms with Gasteiger partial charge in [0.15, 0.2) is 0 Å². The summed E-state index contributed by atoms with van der Waals surface area (Å²) in [4.78, 5) is 4.17. The van der Waals surface area contributed by atoms with Crippen molar-refractivity contribution in [3.63, 3.8) is 0 Å². The summed E-state index contributed by atoms with van der Waals surface area (Å²) in [5, 5.41) is 3.29. The quantitative estimate of drug-likeness (QED) is 0.697. The molecule has 1 heterocycles. The van der Waals surface area contributed by atoms with Gasteiger partial charge < -0.3 is 10.1 Å². The van der Waals surface area contributed by atoms with Crippen LogP contribution in [0.1, 0.15) is 25.5 Å². The highest BCUT2D eigenvalue weighted by molar-refractivity contribution is 5.18. The average molecular weight is 208 g/mol. The predicted octanol–water partition coefficient (Wildman–Crippen LogP) is 2.16. The number of nitrogens with one attached hydrogen (secondary N) is 1. The normalized spacial score (nSPS) is 10.3. The highest BCUT2D eigenvalue weighted by atomic mass is 16.5. The lowest BCUT2D eigenvalue weighted by atomic mass is 10.3. The van der Waals surface area contributed by atoms with Crippen LogP contribution in [0.3, 0.4) is 0 Å². The van der Waals surface area contributed by atoms with Gasteiger partial charge in [-0.1, -0.05) is 6.92 Å². The molecule has 0 saturated carbocycles. The van der Waals surface area contributed by atoms with Gasteiger partial charge in [0, 0.05) is 5.69 Å². The minimum atomic E-state index is 0.774. The number of nitrogens with zero attached hydrogens (tertiary/aromatic N) is 1. The molecule has 0 aliphatic carbocycles. The van der Waals surface area contributed by atoms with Crippen molar-refractivity contribution >= 4 is 0 Å². The second-order valence-electron chi connectivity index (χ2n) is 3.54. The molecule has 0 saturated heterocycles. The van der Waals surface area contributed by atoms with E-state index >= 15 is 0 Å². The number of pyridine rings is 1. The average Bonchev–Trinajstić information content (AvgIpc) is 2.26. The Balaban J connectivity index is 2.07. The van der Waals surface area contributed by atoms with E-state index in [1.807, 2.05) is 19.1 Å². The lowest BCUT2D eigenvalue weighted by Gasteiger charge is -2.05. The lowest BCUT2D eigenvalue weighted by Crippen LogP contribution is -2.14. The molecule has 0 fully saturated rings. The molecule has 0 aromatic carbocycles. The molecule has 0 unspecified atom stereocenters. The van der Waals surface area contributed by atoms with E-state index in [1.165, 1.54) is 0 Å². The summed E-state index contributed by atoms with van der Waals surface area (Å²) >= 11 is 0. The number of aromatic nitrogens is 1. The van der Waals surface area contributed by atoms with Gasteiger partial charge in [0.05, 0.1) is 12.8 Å². The van der Waals surface area contributed by atoms with Crippen LogP contribution in [0.5, 0.6) is 5.75 Å². The Morgan fingerprint density at radius 2 is 2.20 bits per heavy atom. The van der Waals surface area contributed by atoms with Crippen LogP contribution in [0.2, 0.25) is 0 Å². The third-order valence-corrected chi connectivity index (χ3v) is 2.15. The van der Waals surface area contributed by atoms with Gasteiger partial charge in [-0.2, -0.15) is 0 Å². The first kappa shape index (κ1) is 12.0. The van der Waals surface area contributed by atoms with E-state index in [4.69, 9.17) is 4.74 Å². The van der Waals surface area contributed by atoms with Gasteiger partial charge >= 0.3 is 0 Å². The third kappa shape index (κ3) is 5.37. The van der Waals surface area contributed by atoms with Crippen LogP contribution in [0.25, 0.3) is 0 Å². The molecule has 1 N–H and O–H groups in total. The van der Waals surface area contributed by atoms with E-state index in [0.29, 0.717) is 0 Å². The van der Waals surface area contributed by atoms with E-state index < -0.39 is 0 Å². The number of hydrogen-bond donors (Lipinski definition) is 1.